The van der Waals surface area contributed by atoms with Crippen molar-refractivity contribution in [2.75, 3.05) is 6.61 Å². The first kappa shape index (κ1) is 153. The summed E-state index contributed by atoms with van der Waals surface area (Å²) < 4.78 is 0. The smallest absolute Gasteiger partial charge is 0.119 e. The Morgan fingerprint density at radius 2 is 0.561 bits per heavy atom. The van der Waals surface area contributed by atoms with Crippen molar-refractivity contribution in [2.24, 2.45) is 101 Å². The van der Waals surface area contributed by atoms with Crippen LogP contribution in [0.3, 0.4) is 0 Å². The summed E-state index contributed by atoms with van der Waals surface area (Å²) in [7, 11) is 0. The number of carbonyl (C=O) groups is 7. The largest absolute Gasteiger partial charge is 0.397 e. The van der Waals surface area contributed by atoms with Gasteiger partial charge in [-0.25, -0.2) is 0 Å². The predicted octanol–water partition coefficient (Wildman–Crippen LogP) is 21.0. The molecule has 7 saturated carbocycles. The van der Waals surface area contributed by atoms with E-state index in [1.807, 2.05) is 48.5 Å². The fourth-order valence-corrected chi connectivity index (χ4v) is 13.7. The van der Waals surface area contributed by atoms with Gasteiger partial charge in [0, 0.05) is 272 Å². The van der Waals surface area contributed by atoms with Gasteiger partial charge in [0.25, 0.3) is 0 Å². The number of hydrogen-bond donors (Lipinski definition) is 6. The van der Waals surface area contributed by atoms with Gasteiger partial charge < -0.3 is 113 Å². The zero-order chi connectivity index (χ0) is 80.9. The molecule has 6 N–H and O–H groups in total. The second-order valence-corrected chi connectivity index (χ2v) is 31.5. The van der Waals surface area contributed by atoms with Crippen LogP contribution in [0.5, 0.6) is 0 Å². The molecule has 0 aromatic rings. The minimum Gasteiger partial charge on any atom is -0.397 e. The standard InChI is InChI=1S/C15H26O2.C15H22O2.2C9H15O.C8H13O.2C8H18O.C6H14.C5H12O.2C3H6O.C2H6O.10W/c2*1-10-5-3-7-12(14(10)16)9-13-8-4-6-11(2)15(13)17;2*1-3-8-6-4-5-7(2)9(8)10;1-6-4-3-5-7(2)8(6)9;2*1-4-7(3)6-8(9)5-2;1-4-6(3)5-2;1-3-5(6)4-2;2*1-2-3-4;1-2-3;;;;;;;;;;/h10-17H,1-9H2;10-13H,1-9H2;2*7-8H,2-6H2,1H3;6-7H,1,3-5H2,2H3;2*7-9H,4-6H2,1-3H3;6H,4-5H2,1-3H3;5-6H,3-4H2,1-2H3;2*3H,2H2,1H3;3H,2H2,1H3;;;;;;;;;;/q2*-2;3*-1;;;;;;;;;;;;;;;;;. The molecule has 114 heavy (non-hydrogen) atoms. The number of Topliss-reactive ketones (excluding diaryl/α,β-unsaturated/α-hetero) is 5. The van der Waals surface area contributed by atoms with Crippen molar-refractivity contribution in [3.63, 3.8) is 0 Å². The van der Waals surface area contributed by atoms with E-state index in [0.29, 0.717) is 65.7 Å². The van der Waals surface area contributed by atoms with Crippen molar-refractivity contribution in [1.29, 1.82) is 0 Å². The minimum atomic E-state index is -0.263. The van der Waals surface area contributed by atoms with Crippen molar-refractivity contribution in [3.8, 4) is 0 Å². The third-order valence-corrected chi connectivity index (χ3v) is 22.5. The monoisotopic (exact) mass is 3310 g/mol. The predicted molar refractivity (Wildman–Crippen MR) is 438 cm³/mol. The summed E-state index contributed by atoms with van der Waals surface area (Å²) in [6, 6.07) is 0. The number of aliphatic hydroxyl groups excluding tert-OH is 6. The summed E-state index contributed by atoms with van der Waals surface area (Å²) in [5, 5.41) is 54.9. The molecule has 0 aromatic heterocycles. The number of hydrogen-bond acceptors (Lipinski definition) is 13. The van der Waals surface area contributed by atoms with E-state index < -0.39 is 0 Å². The molecule has 7 aliphatic carbocycles. The summed E-state index contributed by atoms with van der Waals surface area (Å²) >= 11 is 0. The molecular weight excluding hydrogens is 3140 g/mol. The van der Waals surface area contributed by atoms with Gasteiger partial charge in [-0.05, 0) is 146 Å². The third kappa shape index (κ3) is 78.6. The molecule has 7 rings (SSSR count). The molecule has 0 bridgehead atoms. The Labute approximate surface area is 847 Å². The molecule has 0 aliphatic heterocycles. The molecule has 0 spiro atoms. The molecule has 7 fully saturated rings. The Balaban J connectivity index is -0.0000000736. The van der Waals surface area contributed by atoms with E-state index in [4.69, 9.17) is 20.4 Å². The molecule has 0 radical (unpaired) electrons. The molecule has 23 heteroatoms. The molecule has 0 saturated heterocycles. The van der Waals surface area contributed by atoms with Gasteiger partial charge in [-0.3, -0.25) is 0 Å². The number of carbonyl (C=O) groups excluding carboxylic acids is 7. The molecule has 680 valence electrons. The first-order valence-electron chi connectivity index (χ1n) is 42.6. The SMILES string of the molecule is CCC(C)CC.CCC(C)CC(O)CC.CCC(C)CC(O)CC.CCC(O)CC.CCC=O.CCC=O.CCO.[CH2-]C1CCCC(C)C1=O.[CH2-]C1CCCC(CC)C1=O.[CH2-]C1CCCC(CC)C1=O.[CH2-]C1CCCC(CC2CCCC([CH2-])C2=O)C1=O.[CH2-]C1CCCC(CC2CCCC([CH2-])C2O)C1O.[W].[W].[W].[W].[W].[W].[W].[W].[W].[W]. The average molecular weight is 3310 g/mol. The number of ketones is 5. The Kier molecular flexibility index (Phi) is 135. The van der Waals surface area contributed by atoms with Gasteiger partial charge in [0.15, 0.2) is 0 Å². The third-order valence-electron chi connectivity index (χ3n) is 22.5. The van der Waals surface area contributed by atoms with Crippen LogP contribution in [-0.2, 0) is 244 Å². The number of rotatable bonds is 20. The summed E-state index contributed by atoms with van der Waals surface area (Å²) in [5.41, 5.74) is 0. The summed E-state index contributed by atoms with van der Waals surface area (Å²) in [4.78, 5) is 76.0. The van der Waals surface area contributed by atoms with Crippen LogP contribution >= 0.6 is 0 Å². The van der Waals surface area contributed by atoms with Crippen molar-refractivity contribution in [1.82, 2.24) is 0 Å². The van der Waals surface area contributed by atoms with Crippen LogP contribution in [0.2, 0.25) is 0 Å². The maximum atomic E-state index is 12.0. The van der Waals surface area contributed by atoms with Crippen LogP contribution in [0.4, 0.5) is 0 Å². The molecule has 0 aromatic carbocycles. The second kappa shape index (κ2) is 101. The number of aldehydes is 2. The van der Waals surface area contributed by atoms with Gasteiger partial charge in [0.1, 0.15) is 41.5 Å². The van der Waals surface area contributed by atoms with Crippen molar-refractivity contribution < 1.29 is 275 Å². The van der Waals surface area contributed by atoms with Crippen LogP contribution in [0.15, 0.2) is 0 Å². The van der Waals surface area contributed by atoms with Crippen LogP contribution < -0.4 is 0 Å². The van der Waals surface area contributed by atoms with Crippen molar-refractivity contribution in [3.05, 3.63) is 48.5 Å². The Hall–Kier alpha value is 4.33. The molecule has 0 heterocycles. The number of aliphatic hydroxyl groups is 6. The molecule has 13 nitrogen and oxygen atoms in total. The fourth-order valence-electron chi connectivity index (χ4n) is 13.7. The van der Waals surface area contributed by atoms with Gasteiger partial charge in [-0.2, -0.15) is 0 Å². The zero-order valence-electron chi connectivity index (χ0n) is 74.8. The Morgan fingerprint density at radius 3 is 0.754 bits per heavy atom. The molecule has 20 atom stereocenters. The first-order valence-corrected chi connectivity index (χ1v) is 42.6. The van der Waals surface area contributed by atoms with Crippen LogP contribution in [0.25, 0.3) is 0 Å². The minimum absolute atomic E-state index is 0. The average Bonchev–Trinajstić information content (AvgIpc) is 0.843. The van der Waals surface area contributed by atoms with E-state index in [2.05, 4.69) is 111 Å². The van der Waals surface area contributed by atoms with E-state index in [1.54, 1.807) is 6.92 Å². The van der Waals surface area contributed by atoms with Crippen LogP contribution in [-0.4, -0.2) is 109 Å². The Morgan fingerprint density at radius 1 is 0.333 bits per heavy atom. The second-order valence-electron chi connectivity index (χ2n) is 31.5. The molecule has 0 amide bonds. The first-order chi connectivity index (χ1) is 49.2. The van der Waals surface area contributed by atoms with Gasteiger partial charge in [0.05, 0.1) is 18.3 Å². The topological polar surface area (TPSA) is 241 Å². The molecular formula is C91H171O13W10-7. The van der Waals surface area contributed by atoms with Crippen LogP contribution in [0.1, 0.15) is 355 Å². The maximum Gasteiger partial charge on any atom is 0.119 e. The van der Waals surface area contributed by atoms with E-state index in [0.717, 1.165) is 185 Å². The van der Waals surface area contributed by atoms with E-state index >= 15 is 0 Å². The normalized spacial score (nSPS) is 26.4. The van der Waals surface area contributed by atoms with Gasteiger partial charge in [-0.1, -0.05) is 226 Å². The maximum absolute atomic E-state index is 12.0. The fraction of sp³-hybridized carbons (Fsp3) is 0.846. The molecule has 20 unspecified atom stereocenters. The van der Waals surface area contributed by atoms with E-state index in [-0.39, 0.29) is 319 Å². The Bertz CT molecular complexity index is 1920. The van der Waals surface area contributed by atoms with Crippen molar-refractivity contribution >= 4 is 41.5 Å². The quantitative estimate of drug-likeness (QED) is 0.0492. The van der Waals surface area contributed by atoms with Crippen molar-refractivity contribution in [2.45, 2.75) is 386 Å². The molecule has 7 aliphatic rings. The van der Waals surface area contributed by atoms with Gasteiger partial charge >= 0.3 is 0 Å². The van der Waals surface area contributed by atoms with E-state index in [9.17, 15) is 43.8 Å². The summed E-state index contributed by atoms with van der Waals surface area (Å²) in [6.07, 6.45) is 38.9. The van der Waals surface area contributed by atoms with E-state index in [1.165, 1.54) is 57.8 Å². The van der Waals surface area contributed by atoms with Crippen LogP contribution in [0, 0.1) is 149 Å². The van der Waals surface area contributed by atoms with Gasteiger partial charge in [-0.15, -0.1) is 41.4 Å². The van der Waals surface area contributed by atoms with Gasteiger partial charge in [0.2, 0.25) is 0 Å². The summed E-state index contributed by atoms with van der Waals surface area (Å²) in [6.45, 7) is 62.5. The zero-order valence-corrected chi connectivity index (χ0v) is 104. The summed E-state index contributed by atoms with van der Waals surface area (Å²) in [5.74, 6) is 6.41.